The number of aromatic nitrogens is 1. The molecule has 0 bridgehead atoms. The van der Waals surface area contributed by atoms with Crippen molar-refractivity contribution >= 4 is 11.8 Å². The first-order valence-electron chi connectivity index (χ1n) is 9.52. The number of rotatable bonds is 5. The maximum absolute atomic E-state index is 14.3. The van der Waals surface area contributed by atoms with Crippen LogP contribution in [-0.4, -0.2) is 21.7 Å². The Bertz CT molecular complexity index is 1120. The van der Waals surface area contributed by atoms with Crippen LogP contribution in [0.4, 0.5) is 8.78 Å². The van der Waals surface area contributed by atoms with Crippen LogP contribution in [0.15, 0.2) is 60.9 Å². The lowest BCUT2D eigenvalue weighted by molar-refractivity contribution is 0.0656. The Morgan fingerprint density at radius 2 is 1.83 bits per heavy atom. The monoisotopic (exact) mass is 407 g/mol. The van der Waals surface area contributed by atoms with Gasteiger partial charge in [0.15, 0.2) is 0 Å². The zero-order chi connectivity index (χ0) is 21.3. The summed E-state index contributed by atoms with van der Waals surface area (Å²) in [5, 5.41) is 0. The minimum Gasteiger partial charge on any atom is -0.366 e. The summed E-state index contributed by atoms with van der Waals surface area (Å²) >= 11 is 0. The molecule has 1 aliphatic carbocycles. The number of pyridine rings is 1. The second kappa shape index (κ2) is 8.02. The lowest BCUT2D eigenvalue weighted by Crippen LogP contribution is -2.34. The van der Waals surface area contributed by atoms with Gasteiger partial charge in [-0.15, -0.1) is 0 Å². The van der Waals surface area contributed by atoms with Crippen LogP contribution in [0.3, 0.4) is 0 Å². The number of halogens is 2. The van der Waals surface area contributed by atoms with Crippen molar-refractivity contribution in [3.8, 4) is 0 Å². The lowest BCUT2D eigenvalue weighted by atomic mass is 10.0. The molecular weight excluding hydrogens is 388 g/mol. The number of amides is 2. The van der Waals surface area contributed by atoms with Crippen LogP contribution in [0.1, 0.15) is 49.9 Å². The molecule has 1 aliphatic rings. The summed E-state index contributed by atoms with van der Waals surface area (Å²) in [5.74, 6) is -2.22. The van der Waals surface area contributed by atoms with Crippen LogP contribution in [-0.2, 0) is 13.0 Å². The summed E-state index contributed by atoms with van der Waals surface area (Å²) in [5.41, 5.74) is 7.62. The Kier molecular flexibility index (Phi) is 5.27. The molecule has 152 valence electrons. The van der Waals surface area contributed by atoms with E-state index < -0.39 is 23.6 Å². The smallest absolute Gasteiger partial charge is 0.254 e. The van der Waals surface area contributed by atoms with E-state index >= 15 is 0 Å². The molecule has 7 heteroatoms. The highest BCUT2D eigenvalue weighted by atomic mass is 19.1. The first-order chi connectivity index (χ1) is 14.5. The number of hydrogen-bond acceptors (Lipinski definition) is 3. The second-order valence-corrected chi connectivity index (χ2v) is 7.20. The summed E-state index contributed by atoms with van der Waals surface area (Å²) in [7, 11) is 0. The average molecular weight is 407 g/mol. The predicted octanol–water partition coefficient (Wildman–Crippen LogP) is 3.79. The fraction of sp³-hybridized carbons (Fsp3) is 0.174. The Labute approximate surface area is 172 Å². The normalized spacial score (nSPS) is 14.9. The SMILES string of the molecule is NC(=O)c1ccccc1CN(C(=O)c1ccncc1)[C@@H]1CCc2c(F)cc(F)cc21. The van der Waals surface area contributed by atoms with Gasteiger partial charge in [-0.25, -0.2) is 8.78 Å². The highest BCUT2D eigenvalue weighted by Gasteiger charge is 2.34. The predicted molar refractivity (Wildman–Crippen MR) is 106 cm³/mol. The van der Waals surface area contributed by atoms with Gasteiger partial charge in [0.2, 0.25) is 5.91 Å². The van der Waals surface area contributed by atoms with E-state index in [2.05, 4.69) is 4.98 Å². The van der Waals surface area contributed by atoms with Gasteiger partial charge in [-0.2, -0.15) is 0 Å². The van der Waals surface area contributed by atoms with Crippen molar-refractivity contribution < 1.29 is 18.4 Å². The zero-order valence-corrected chi connectivity index (χ0v) is 16.0. The average Bonchev–Trinajstić information content (AvgIpc) is 3.16. The largest absolute Gasteiger partial charge is 0.366 e. The van der Waals surface area contributed by atoms with Crippen molar-refractivity contribution in [1.29, 1.82) is 0 Å². The first-order valence-corrected chi connectivity index (χ1v) is 9.52. The van der Waals surface area contributed by atoms with Crippen LogP contribution < -0.4 is 5.73 Å². The molecule has 5 nitrogen and oxygen atoms in total. The van der Waals surface area contributed by atoms with Gasteiger partial charge in [0.25, 0.3) is 5.91 Å². The molecule has 30 heavy (non-hydrogen) atoms. The molecular formula is C23H19F2N3O2. The van der Waals surface area contributed by atoms with Crippen LogP contribution in [0, 0.1) is 11.6 Å². The van der Waals surface area contributed by atoms with Crippen molar-refractivity contribution in [3.05, 3.63) is 100 Å². The molecule has 2 amide bonds. The molecule has 0 unspecified atom stereocenters. The van der Waals surface area contributed by atoms with E-state index in [1.54, 1.807) is 41.3 Å². The second-order valence-electron chi connectivity index (χ2n) is 7.20. The van der Waals surface area contributed by atoms with Crippen LogP contribution in [0.2, 0.25) is 0 Å². The number of fused-ring (bicyclic) bond motifs is 1. The third kappa shape index (κ3) is 3.66. The van der Waals surface area contributed by atoms with Gasteiger partial charge >= 0.3 is 0 Å². The Balaban J connectivity index is 1.79. The molecule has 0 aliphatic heterocycles. The van der Waals surface area contributed by atoms with E-state index in [-0.39, 0.29) is 12.5 Å². The minimum atomic E-state index is -0.688. The number of nitrogens with two attached hydrogens (primary N) is 1. The van der Waals surface area contributed by atoms with E-state index in [4.69, 9.17) is 5.73 Å². The lowest BCUT2D eigenvalue weighted by Gasteiger charge is -2.30. The summed E-state index contributed by atoms with van der Waals surface area (Å²) < 4.78 is 28.3. The van der Waals surface area contributed by atoms with Gasteiger partial charge in [-0.3, -0.25) is 14.6 Å². The molecule has 4 rings (SSSR count). The van der Waals surface area contributed by atoms with Gasteiger partial charge in [0.05, 0.1) is 6.04 Å². The zero-order valence-electron chi connectivity index (χ0n) is 16.0. The van der Waals surface area contributed by atoms with Crippen LogP contribution >= 0.6 is 0 Å². The topological polar surface area (TPSA) is 76.3 Å². The molecule has 2 N–H and O–H groups in total. The van der Waals surface area contributed by atoms with Crippen LogP contribution in [0.5, 0.6) is 0 Å². The van der Waals surface area contributed by atoms with E-state index in [1.807, 2.05) is 0 Å². The highest BCUT2D eigenvalue weighted by Crippen LogP contribution is 2.39. The summed E-state index contributed by atoms with van der Waals surface area (Å²) in [4.78, 5) is 30.7. The van der Waals surface area contributed by atoms with Crippen LogP contribution in [0.25, 0.3) is 0 Å². The van der Waals surface area contributed by atoms with Crippen molar-refractivity contribution in [2.75, 3.05) is 0 Å². The summed E-state index contributed by atoms with van der Waals surface area (Å²) in [6.45, 7) is 0.0719. The molecule has 0 saturated carbocycles. The number of hydrogen-bond donors (Lipinski definition) is 1. The Morgan fingerprint density at radius 1 is 1.10 bits per heavy atom. The quantitative estimate of drug-likeness (QED) is 0.699. The van der Waals surface area contributed by atoms with Gasteiger partial charge < -0.3 is 10.6 Å². The maximum atomic E-state index is 14.3. The third-order valence-corrected chi connectivity index (χ3v) is 5.41. The van der Waals surface area contributed by atoms with E-state index in [1.165, 1.54) is 18.5 Å². The fourth-order valence-corrected chi connectivity index (χ4v) is 4.01. The molecule has 3 aromatic rings. The fourth-order valence-electron chi connectivity index (χ4n) is 4.01. The van der Waals surface area contributed by atoms with Gasteiger partial charge in [-0.05, 0) is 53.8 Å². The summed E-state index contributed by atoms with van der Waals surface area (Å²) in [6, 6.07) is 11.5. The number of nitrogens with zero attached hydrogens (tertiary/aromatic N) is 2. The highest BCUT2D eigenvalue weighted by molar-refractivity contribution is 5.96. The van der Waals surface area contributed by atoms with Gasteiger partial charge in [0, 0.05) is 36.1 Å². The number of carbonyl (C=O) groups excluding carboxylic acids is 2. The molecule has 2 aromatic carbocycles. The summed E-state index contributed by atoms with van der Waals surface area (Å²) in [6.07, 6.45) is 3.85. The van der Waals surface area contributed by atoms with E-state index in [9.17, 15) is 18.4 Å². The van der Waals surface area contributed by atoms with Crippen molar-refractivity contribution in [3.63, 3.8) is 0 Å². The standard InChI is InChI=1S/C23H19F2N3O2/c24-16-11-19-18(20(25)12-16)5-6-21(19)28(23(30)14-7-9-27-10-8-14)13-15-3-1-2-4-17(15)22(26)29/h1-4,7-12,21H,5-6,13H2,(H2,26,29)/t21-/m1/s1. The molecule has 0 fully saturated rings. The van der Waals surface area contributed by atoms with E-state index in [0.717, 1.165) is 6.07 Å². The molecule has 1 aromatic heterocycles. The number of carbonyl (C=O) groups is 2. The van der Waals surface area contributed by atoms with Gasteiger partial charge in [-0.1, -0.05) is 18.2 Å². The molecule has 1 atom stereocenters. The Morgan fingerprint density at radius 3 is 2.57 bits per heavy atom. The number of benzene rings is 2. The molecule has 0 spiro atoms. The first kappa shape index (κ1) is 19.7. The number of primary amides is 1. The van der Waals surface area contributed by atoms with Crippen molar-refractivity contribution in [2.45, 2.75) is 25.4 Å². The molecule has 0 radical (unpaired) electrons. The maximum Gasteiger partial charge on any atom is 0.254 e. The van der Waals surface area contributed by atoms with E-state index in [0.29, 0.717) is 40.7 Å². The third-order valence-electron chi connectivity index (χ3n) is 5.41. The molecule has 1 heterocycles. The van der Waals surface area contributed by atoms with Crippen molar-refractivity contribution in [1.82, 2.24) is 9.88 Å². The van der Waals surface area contributed by atoms with Gasteiger partial charge in [0.1, 0.15) is 11.6 Å². The minimum absolute atomic E-state index is 0.0719. The Hall–Kier alpha value is -3.61. The molecule has 0 saturated heterocycles. The van der Waals surface area contributed by atoms with Crippen molar-refractivity contribution in [2.24, 2.45) is 5.73 Å².